The van der Waals surface area contributed by atoms with Gasteiger partial charge in [0.2, 0.25) is 5.91 Å². The monoisotopic (exact) mass is 379 g/mol. The quantitative estimate of drug-likeness (QED) is 0.749. The molecule has 1 fully saturated rings. The lowest BCUT2D eigenvalue weighted by Crippen LogP contribution is -2.45. The summed E-state index contributed by atoms with van der Waals surface area (Å²) in [7, 11) is 0. The third-order valence-electron chi connectivity index (χ3n) is 4.73. The Morgan fingerprint density at radius 3 is 2.68 bits per heavy atom. The molecule has 7 nitrogen and oxygen atoms in total. The van der Waals surface area contributed by atoms with Gasteiger partial charge in [-0.3, -0.25) is 9.78 Å². The number of anilines is 1. The molecule has 1 amide bonds. The summed E-state index contributed by atoms with van der Waals surface area (Å²) in [6.07, 6.45) is 2.15. The van der Waals surface area contributed by atoms with E-state index in [1.54, 1.807) is 12.3 Å². The highest BCUT2D eigenvalue weighted by Gasteiger charge is 2.23. The molecule has 2 atom stereocenters. The Balaban J connectivity index is 0.00000240. The molecule has 146 valence electrons. The van der Waals surface area contributed by atoms with Crippen LogP contribution in [0.25, 0.3) is 22.3 Å². The van der Waals surface area contributed by atoms with E-state index in [0.29, 0.717) is 5.69 Å². The highest BCUT2D eigenvalue weighted by atomic mass is 16.5. The molecule has 0 bridgehead atoms. The molecule has 1 saturated heterocycles. The lowest BCUT2D eigenvalue weighted by molar-refractivity contribution is -0.117. The zero-order valence-electron chi connectivity index (χ0n) is 16.0. The van der Waals surface area contributed by atoms with Crippen LogP contribution in [-0.2, 0) is 16.0 Å². The van der Waals surface area contributed by atoms with Crippen LogP contribution in [0.2, 0.25) is 0 Å². The summed E-state index contributed by atoms with van der Waals surface area (Å²) in [6.45, 7) is 5.78. The average molecular weight is 379 g/mol. The van der Waals surface area contributed by atoms with Crippen molar-refractivity contribution in [3.8, 4) is 11.4 Å². The Labute approximate surface area is 165 Å². The maximum absolute atomic E-state index is 11.2. The van der Waals surface area contributed by atoms with Gasteiger partial charge >= 0.3 is 0 Å². The van der Waals surface area contributed by atoms with Crippen LogP contribution in [0.3, 0.4) is 0 Å². The minimum atomic E-state index is -0.411. The van der Waals surface area contributed by atoms with Crippen molar-refractivity contribution in [1.29, 1.82) is 0 Å². The minimum Gasteiger partial charge on any atom is -0.372 e. The summed E-state index contributed by atoms with van der Waals surface area (Å²) in [5.74, 6) is 0.511. The number of nitrogens with two attached hydrogens (primary N) is 1. The van der Waals surface area contributed by atoms with Crippen LogP contribution in [0, 0.1) is 0 Å². The molecule has 0 aliphatic carbocycles. The number of amides is 1. The normalized spacial score (nSPS) is 19.7. The fourth-order valence-electron chi connectivity index (χ4n) is 3.58. The molecular formula is C21H25N5O2. The van der Waals surface area contributed by atoms with Gasteiger partial charge < -0.3 is 15.4 Å². The SMILES string of the molecule is C[C@@H]1CN(c2cccc(-c3ccc4cnc(CC(N)=O)cc4n3)n2)C[C@H](C)O1.[HH]. The molecule has 3 aromatic heterocycles. The van der Waals surface area contributed by atoms with Gasteiger partial charge in [-0.25, -0.2) is 9.97 Å². The summed E-state index contributed by atoms with van der Waals surface area (Å²) < 4.78 is 5.82. The summed E-state index contributed by atoms with van der Waals surface area (Å²) in [5, 5.41) is 0.906. The predicted molar refractivity (Wildman–Crippen MR) is 110 cm³/mol. The van der Waals surface area contributed by atoms with Gasteiger partial charge in [-0.15, -0.1) is 0 Å². The number of nitrogens with zero attached hydrogens (tertiary/aromatic N) is 4. The third kappa shape index (κ3) is 3.94. The van der Waals surface area contributed by atoms with Gasteiger partial charge in [0.25, 0.3) is 0 Å². The van der Waals surface area contributed by atoms with E-state index in [-0.39, 0.29) is 20.1 Å². The number of rotatable bonds is 4. The van der Waals surface area contributed by atoms with Crippen molar-refractivity contribution in [2.45, 2.75) is 32.5 Å². The first-order valence-electron chi connectivity index (χ1n) is 9.40. The Hall–Kier alpha value is -3.06. The van der Waals surface area contributed by atoms with Crippen LogP contribution in [-0.4, -0.2) is 46.2 Å². The van der Waals surface area contributed by atoms with Crippen molar-refractivity contribution in [3.05, 3.63) is 48.3 Å². The lowest BCUT2D eigenvalue weighted by atomic mass is 10.1. The minimum absolute atomic E-state index is 0. The van der Waals surface area contributed by atoms with Crippen molar-refractivity contribution >= 4 is 22.6 Å². The first-order chi connectivity index (χ1) is 13.5. The van der Waals surface area contributed by atoms with E-state index in [4.69, 9.17) is 20.4 Å². The second kappa shape index (κ2) is 7.52. The van der Waals surface area contributed by atoms with Crippen LogP contribution in [0.5, 0.6) is 0 Å². The van der Waals surface area contributed by atoms with E-state index >= 15 is 0 Å². The molecule has 0 unspecified atom stereocenters. The number of hydrogen-bond donors (Lipinski definition) is 1. The van der Waals surface area contributed by atoms with Crippen molar-refractivity contribution in [1.82, 2.24) is 15.0 Å². The molecule has 3 aromatic rings. The van der Waals surface area contributed by atoms with Gasteiger partial charge in [0.05, 0.1) is 41.2 Å². The van der Waals surface area contributed by atoms with Gasteiger partial charge in [0.1, 0.15) is 5.82 Å². The van der Waals surface area contributed by atoms with E-state index in [1.807, 2.05) is 30.3 Å². The van der Waals surface area contributed by atoms with Crippen molar-refractivity contribution in [2.24, 2.45) is 5.73 Å². The van der Waals surface area contributed by atoms with Crippen molar-refractivity contribution < 1.29 is 11.0 Å². The molecule has 0 aromatic carbocycles. The maximum atomic E-state index is 11.2. The van der Waals surface area contributed by atoms with Crippen LogP contribution >= 0.6 is 0 Å². The number of ether oxygens (including phenoxy) is 1. The molecule has 0 radical (unpaired) electrons. The Morgan fingerprint density at radius 2 is 1.93 bits per heavy atom. The average Bonchev–Trinajstić information content (AvgIpc) is 2.66. The molecule has 0 spiro atoms. The van der Waals surface area contributed by atoms with Crippen LogP contribution in [0.4, 0.5) is 5.82 Å². The molecule has 1 aliphatic rings. The molecule has 28 heavy (non-hydrogen) atoms. The van der Waals surface area contributed by atoms with Gasteiger partial charge in [-0.05, 0) is 44.2 Å². The molecular weight excluding hydrogens is 354 g/mol. The van der Waals surface area contributed by atoms with Crippen molar-refractivity contribution in [3.63, 3.8) is 0 Å². The molecule has 4 heterocycles. The zero-order chi connectivity index (χ0) is 19.7. The van der Waals surface area contributed by atoms with Crippen LogP contribution in [0.1, 0.15) is 21.0 Å². The smallest absolute Gasteiger partial charge is 0.223 e. The molecule has 0 saturated carbocycles. The number of fused-ring (bicyclic) bond motifs is 1. The highest BCUT2D eigenvalue weighted by Crippen LogP contribution is 2.24. The van der Waals surface area contributed by atoms with E-state index < -0.39 is 5.91 Å². The molecule has 4 rings (SSSR count). The number of pyridine rings is 3. The number of carbonyl (C=O) groups is 1. The van der Waals surface area contributed by atoms with E-state index in [1.165, 1.54) is 0 Å². The molecule has 2 N–H and O–H groups in total. The third-order valence-corrected chi connectivity index (χ3v) is 4.73. The van der Waals surface area contributed by atoms with E-state index in [9.17, 15) is 4.79 Å². The summed E-state index contributed by atoms with van der Waals surface area (Å²) >= 11 is 0. The standard InChI is InChI=1S/C21H23N5O2.H2/c1-13-11-26(12-14(2)28-13)21-5-3-4-17(25-21)18-7-6-15-10-23-16(9-20(22)27)8-19(15)24-18;/h3-8,10,13-14H,9,11-12H2,1-2H3,(H2,22,27);1H/t13-,14+;. The summed E-state index contributed by atoms with van der Waals surface area (Å²) in [4.78, 5) is 27.2. The Bertz CT molecular complexity index is 1020. The number of primary amides is 1. The topological polar surface area (TPSA) is 94.2 Å². The number of aromatic nitrogens is 3. The van der Waals surface area contributed by atoms with Gasteiger partial charge in [0, 0.05) is 26.1 Å². The van der Waals surface area contributed by atoms with Gasteiger partial charge in [-0.1, -0.05) is 6.07 Å². The first kappa shape index (κ1) is 18.3. The fraction of sp³-hybridized carbons (Fsp3) is 0.333. The second-order valence-electron chi connectivity index (χ2n) is 7.25. The maximum Gasteiger partial charge on any atom is 0.223 e. The Kier molecular flexibility index (Phi) is 4.92. The van der Waals surface area contributed by atoms with E-state index in [0.717, 1.165) is 41.2 Å². The summed E-state index contributed by atoms with van der Waals surface area (Å²) in [5.41, 5.74) is 8.24. The Morgan fingerprint density at radius 1 is 1.18 bits per heavy atom. The van der Waals surface area contributed by atoms with Crippen molar-refractivity contribution in [2.75, 3.05) is 18.0 Å². The number of carbonyl (C=O) groups excluding carboxylic acids is 1. The highest BCUT2D eigenvalue weighted by molar-refractivity contribution is 5.82. The van der Waals surface area contributed by atoms with Gasteiger partial charge in [0.15, 0.2) is 0 Å². The fourth-order valence-corrected chi connectivity index (χ4v) is 3.58. The van der Waals surface area contributed by atoms with Crippen LogP contribution < -0.4 is 10.6 Å². The first-order valence-corrected chi connectivity index (χ1v) is 9.40. The zero-order valence-corrected chi connectivity index (χ0v) is 16.0. The second-order valence-corrected chi connectivity index (χ2v) is 7.25. The number of hydrogen-bond acceptors (Lipinski definition) is 6. The molecule has 7 heteroatoms. The predicted octanol–water partition coefficient (Wildman–Crippen LogP) is 2.58. The number of morpholine rings is 1. The van der Waals surface area contributed by atoms with Gasteiger partial charge in [-0.2, -0.15) is 0 Å². The largest absolute Gasteiger partial charge is 0.372 e. The molecule has 1 aliphatic heterocycles. The van der Waals surface area contributed by atoms with E-state index in [2.05, 4.69) is 23.7 Å². The van der Waals surface area contributed by atoms with Crippen LogP contribution in [0.15, 0.2) is 42.6 Å². The summed E-state index contributed by atoms with van der Waals surface area (Å²) in [6, 6.07) is 11.7. The lowest BCUT2D eigenvalue weighted by Gasteiger charge is -2.36.